The fraction of sp³-hybridized carbons (Fsp3) is 0.107. The van der Waals surface area contributed by atoms with Gasteiger partial charge < -0.3 is 23.9 Å². The average Bonchev–Trinajstić information content (AvgIpc) is 3.35. The summed E-state index contributed by atoms with van der Waals surface area (Å²) >= 11 is 0. The van der Waals surface area contributed by atoms with Crippen molar-refractivity contribution in [1.82, 2.24) is 14.4 Å². The zero-order chi connectivity index (χ0) is 23.2. The van der Waals surface area contributed by atoms with Gasteiger partial charge in [-0.2, -0.15) is 12.7 Å². The summed E-state index contributed by atoms with van der Waals surface area (Å²) in [5.74, 6) is 1.17. The van der Waals surface area contributed by atoms with Crippen molar-refractivity contribution in [3.63, 3.8) is 0 Å². The van der Waals surface area contributed by atoms with Crippen LogP contribution in [0.15, 0.2) is 72.9 Å². The molecule has 178 valence electrons. The molecule has 7 heteroatoms. The van der Waals surface area contributed by atoms with Gasteiger partial charge in [0.05, 0.1) is 11.3 Å². The molecule has 0 saturated heterocycles. The van der Waals surface area contributed by atoms with Crippen LogP contribution in [0, 0.1) is 32.6 Å². The van der Waals surface area contributed by atoms with Crippen molar-refractivity contribution in [2.24, 2.45) is 0 Å². The summed E-state index contributed by atoms with van der Waals surface area (Å²) in [7, 11) is 2.04. The predicted molar refractivity (Wildman–Crippen MR) is 133 cm³/mol. The van der Waals surface area contributed by atoms with Gasteiger partial charge in [-0.25, -0.2) is 4.98 Å². The van der Waals surface area contributed by atoms with Crippen LogP contribution in [-0.4, -0.2) is 21.4 Å². The molecule has 0 unspecified atom stereocenters. The molecule has 3 aromatic heterocycles. The molecule has 0 N–H and O–H groups in total. The second kappa shape index (κ2) is 9.20. The van der Waals surface area contributed by atoms with Crippen LogP contribution in [-0.2, 0) is 21.1 Å². The Balaban J connectivity index is 0.00000253. The van der Waals surface area contributed by atoms with Crippen molar-refractivity contribution < 1.29 is 25.8 Å². The van der Waals surface area contributed by atoms with Gasteiger partial charge in [0.1, 0.15) is 0 Å². The third-order valence-corrected chi connectivity index (χ3v) is 6.05. The van der Waals surface area contributed by atoms with Crippen LogP contribution in [0.3, 0.4) is 0 Å². The van der Waals surface area contributed by atoms with Crippen molar-refractivity contribution in [2.75, 3.05) is 16.8 Å². The van der Waals surface area contributed by atoms with Crippen molar-refractivity contribution in [2.45, 2.75) is 13.8 Å². The number of imidazole rings is 1. The number of ether oxygens (including phenoxy) is 1. The van der Waals surface area contributed by atoms with E-state index in [4.69, 9.17) is 9.72 Å². The van der Waals surface area contributed by atoms with Gasteiger partial charge in [0.15, 0.2) is 0 Å². The number of benzene rings is 2. The van der Waals surface area contributed by atoms with Crippen LogP contribution in [0.4, 0.5) is 17.1 Å². The van der Waals surface area contributed by atoms with Crippen molar-refractivity contribution in [3.8, 4) is 22.9 Å². The fourth-order valence-electron chi connectivity index (χ4n) is 4.29. The Hall–Kier alpha value is -3.63. The van der Waals surface area contributed by atoms with Gasteiger partial charge in [0, 0.05) is 55.8 Å². The number of hydrogen-bond acceptors (Lipinski definition) is 5. The molecule has 0 aliphatic carbocycles. The Labute approximate surface area is 219 Å². The summed E-state index contributed by atoms with van der Waals surface area (Å²) in [5.41, 5.74) is 7.58. The number of aryl methyl sites for hydroxylation is 2. The smallest absolute Gasteiger partial charge is 0.0834 e. The first-order valence-corrected chi connectivity index (χ1v) is 11.1. The van der Waals surface area contributed by atoms with Crippen LogP contribution in [0.5, 0.6) is 11.5 Å². The predicted octanol–water partition coefficient (Wildman–Crippen LogP) is 6.11. The molecule has 0 fully saturated rings. The molecule has 0 radical (unpaired) electrons. The van der Waals surface area contributed by atoms with E-state index in [1.165, 1.54) is 0 Å². The van der Waals surface area contributed by atoms with Gasteiger partial charge in [0.2, 0.25) is 0 Å². The molecule has 0 bridgehead atoms. The minimum Gasteiger partial charge on any atom is -0.509 e. The Bertz CT molecular complexity index is 1520. The van der Waals surface area contributed by atoms with E-state index in [1.54, 1.807) is 6.20 Å². The Morgan fingerprint density at radius 2 is 1.69 bits per heavy atom. The van der Waals surface area contributed by atoms with Crippen molar-refractivity contribution in [3.05, 3.63) is 103 Å². The Kier molecular flexibility index (Phi) is 6.08. The molecule has 35 heavy (non-hydrogen) atoms. The molecular formula is C28H22N5OPt-3. The fourth-order valence-corrected chi connectivity index (χ4v) is 4.29. The van der Waals surface area contributed by atoms with Gasteiger partial charge >= 0.3 is 0 Å². The summed E-state index contributed by atoms with van der Waals surface area (Å²) in [5, 5.41) is 0. The van der Waals surface area contributed by atoms with E-state index >= 15 is 0 Å². The van der Waals surface area contributed by atoms with E-state index in [-0.39, 0.29) is 21.1 Å². The second-order valence-electron chi connectivity index (χ2n) is 8.26. The number of nitrogens with zero attached hydrogens (tertiary/aromatic N) is 5. The third-order valence-electron chi connectivity index (χ3n) is 6.05. The largest absolute Gasteiger partial charge is 0.509 e. The number of para-hydroxylation sites is 2. The van der Waals surface area contributed by atoms with Crippen LogP contribution in [0.1, 0.15) is 11.4 Å². The number of anilines is 3. The SMILES string of the molecule is Cc1nc2cc(Oc3[c-]c(N4[CH-]N(C)c5ccccc54)ccc3)[c-]c(-c3ccccn3)n2c1C.[Pt]. The Morgan fingerprint density at radius 1 is 0.886 bits per heavy atom. The van der Waals surface area contributed by atoms with E-state index < -0.39 is 0 Å². The van der Waals surface area contributed by atoms with E-state index in [2.05, 4.69) is 50.4 Å². The molecule has 5 aromatic rings. The van der Waals surface area contributed by atoms with Crippen LogP contribution in [0.25, 0.3) is 17.0 Å². The standard InChI is InChI=1S/C28H22N5O.Pt/c1-19-20(2)33-27(24-11-6-7-14-29-24)16-23(17-28(33)30-19)34-22-10-8-9-21(15-22)32-18-31(3)25-12-4-5-13-26(25)32;/h4-14,17-18H,1-3H3;/q-3;. The van der Waals surface area contributed by atoms with Crippen LogP contribution < -0.4 is 14.5 Å². The summed E-state index contributed by atoms with van der Waals surface area (Å²) in [6, 6.07) is 28.7. The van der Waals surface area contributed by atoms with E-state index in [0.717, 1.165) is 45.5 Å². The molecule has 4 heterocycles. The summed E-state index contributed by atoms with van der Waals surface area (Å²) in [4.78, 5) is 13.5. The van der Waals surface area contributed by atoms with Gasteiger partial charge in [-0.1, -0.05) is 30.3 Å². The minimum atomic E-state index is 0. The zero-order valence-electron chi connectivity index (χ0n) is 19.5. The van der Waals surface area contributed by atoms with Crippen LogP contribution in [0.2, 0.25) is 0 Å². The normalized spacial score (nSPS) is 12.5. The molecule has 0 atom stereocenters. The number of pyridine rings is 2. The topological polar surface area (TPSA) is 45.9 Å². The maximum Gasteiger partial charge on any atom is 0.0834 e. The first kappa shape index (κ1) is 23.1. The molecule has 0 spiro atoms. The van der Waals surface area contributed by atoms with Crippen molar-refractivity contribution >= 4 is 22.7 Å². The maximum absolute atomic E-state index is 6.27. The van der Waals surface area contributed by atoms with E-state index in [9.17, 15) is 0 Å². The molecule has 0 saturated carbocycles. The van der Waals surface area contributed by atoms with Crippen molar-refractivity contribution in [1.29, 1.82) is 0 Å². The monoisotopic (exact) mass is 639 g/mol. The van der Waals surface area contributed by atoms with Gasteiger partial charge in [0.25, 0.3) is 0 Å². The average molecular weight is 640 g/mol. The molecule has 0 amide bonds. The zero-order valence-corrected chi connectivity index (χ0v) is 21.7. The molecule has 1 aliphatic heterocycles. The first-order valence-electron chi connectivity index (χ1n) is 11.1. The van der Waals surface area contributed by atoms with Gasteiger partial charge in [-0.3, -0.25) is 0 Å². The summed E-state index contributed by atoms with van der Waals surface area (Å²) in [6.07, 6.45) is 1.78. The molecule has 1 aliphatic rings. The van der Waals surface area contributed by atoms with Gasteiger partial charge in [-0.05, 0) is 50.5 Å². The summed E-state index contributed by atoms with van der Waals surface area (Å²) in [6.45, 7) is 6.10. The number of fused-ring (bicyclic) bond motifs is 2. The molecule has 6 rings (SSSR count). The molecular weight excluding hydrogens is 617 g/mol. The number of rotatable bonds is 4. The summed E-state index contributed by atoms with van der Waals surface area (Å²) < 4.78 is 8.33. The van der Waals surface area contributed by atoms with Gasteiger partial charge in [-0.15, -0.1) is 30.0 Å². The second-order valence-corrected chi connectivity index (χ2v) is 8.26. The molecule has 6 nitrogen and oxygen atoms in total. The number of aromatic nitrogens is 3. The third kappa shape index (κ3) is 4.08. The Morgan fingerprint density at radius 3 is 2.49 bits per heavy atom. The first-order chi connectivity index (χ1) is 16.6. The van der Waals surface area contributed by atoms with E-state index in [1.807, 2.05) is 75.2 Å². The minimum absolute atomic E-state index is 0. The van der Waals surface area contributed by atoms with Crippen LogP contribution >= 0.6 is 0 Å². The number of hydrogen-bond donors (Lipinski definition) is 0. The maximum atomic E-state index is 6.27. The van der Waals surface area contributed by atoms with E-state index in [0.29, 0.717) is 11.5 Å². The molecule has 2 aromatic carbocycles. The quantitative estimate of drug-likeness (QED) is 0.222.